The Bertz CT molecular complexity index is 496. The maximum Gasteiger partial charge on any atom is 0.234 e. The molecule has 1 aromatic rings. The summed E-state index contributed by atoms with van der Waals surface area (Å²) < 4.78 is 5.70. The molecule has 0 aromatic heterocycles. The van der Waals surface area contributed by atoms with Crippen LogP contribution in [0.15, 0.2) is 36.9 Å². The molecule has 0 spiro atoms. The Morgan fingerprint density at radius 2 is 2.05 bits per heavy atom. The van der Waals surface area contributed by atoms with Crippen molar-refractivity contribution in [3.8, 4) is 5.75 Å². The molecular weight excluding hydrogens is 278 g/mol. The molecule has 1 amide bonds. The highest BCUT2D eigenvalue weighted by molar-refractivity contribution is 5.78. The van der Waals surface area contributed by atoms with Crippen molar-refractivity contribution in [2.75, 3.05) is 50.8 Å². The average molecular weight is 303 g/mol. The van der Waals surface area contributed by atoms with Gasteiger partial charge in [0, 0.05) is 32.7 Å². The van der Waals surface area contributed by atoms with Gasteiger partial charge >= 0.3 is 0 Å². The lowest BCUT2D eigenvalue weighted by atomic mass is 10.2. The van der Waals surface area contributed by atoms with Crippen LogP contribution in [0.5, 0.6) is 5.75 Å². The molecule has 5 nitrogen and oxygen atoms in total. The van der Waals surface area contributed by atoms with Crippen LogP contribution < -0.4 is 15.0 Å². The summed E-state index contributed by atoms with van der Waals surface area (Å²) in [5, 5.41) is 2.82. The molecule has 0 radical (unpaired) electrons. The first-order valence-electron chi connectivity index (χ1n) is 7.81. The minimum Gasteiger partial charge on any atom is -0.492 e. The predicted octanol–water partition coefficient (Wildman–Crippen LogP) is 1.51. The van der Waals surface area contributed by atoms with E-state index >= 15 is 0 Å². The molecule has 1 N–H and O–H groups in total. The summed E-state index contributed by atoms with van der Waals surface area (Å²) in [6.07, 6.45) is 1.69. The van der Waals surface area contributed by atoms with Crippen molar-refractivity contribution in [2.45, 2.75) is 6.92 Å². The van der Waals surface area contributed by atoms with E-state index < -0.39 is 0 Å². The van der Waals surface area contributed by atoms with Crippen LogP contribution in [0.25, 0.3) is 0 Å². The molecule has 1 heterocycles. The molecule has 0 aliphatic carbocycles. The highest BCUT2D eigenvalue weighted by Crippen LogP contribution is 2.28. The Kier molecular flexibility index (Phi) is 6.27. The van der Waals surface area contributed by atoms with Gasteiger partial charge in [0.2, 0.25) is 5.91 Å². The van der Waals surface area contributed by atoms with Crippen molar-refractivity contribution in [3.05, 3.63) is 36.9 Å². The fourth-order valence-electron chi connectivity index (χ4n) is 2.59. The first-order chi connectivity index (χ1) is 10.7. The lowest BCUT2D eigenvalue weighted by Crippen LogP contribution is -2.49. The number of rotatable bonds is 7. The lowest BCUT2D eigenvalue weighted by molar-refractivity contribution is -0.122. The van der Waals surface area contributed by atoms with Gasteiger partial charge in [-0.15, -0.1) is 6.58 Å². The van der Waals surface area contributed by atoms with Crippen LogP contribution in [0.1, 0.15) is 6.92 Å². The molecule has 1 fully saturated rings. The fraction of sp³-hybridized carbons (Fsp3) is 0.471. The van der Waals surface area contributed by atoms with Crippen LogP contribution in [-0.4, -0.2) is 56.7 Å². The molecular formula is C17H25N3O2. The number of anilines is 1. The van der Waals surface area contributed by atoms with Crippen LogP contribution in [-0.2, 0) is 4.79 Å². The molecule has 0 saturated carbocycles. The molecule has 5 heteroatoms. The number of ether oxygens (including phenoxy) is 1. The molecule has 0 bridgehead atoms. The number of carbonyl (C=O) groups is 1. The van der Waals surface area contributed by atoms with Gasteiger partial charge in [-0.2, -0.15) is 0 Å². The molecule has 1 aliphatic rings. The standard InChI is InChI=1S/C17H25N3O2/c1-3-9-18-17(21)14-19-10-12-20(13-11-19)15-7-5-6-8-16(15)22-4-2/h3,5-8H,1,4,9-14H2,2H3,(H,18,21). The second-order valence-electron chi connectivity index (χ2n) is 5.26. The lowest BCUT2D eigenvalue weighted by Gasteiger charge is -2.36. The Balaban J connectivity index is 1.87. The van der Waals surface area contributed by atoms with E-state index in [-0.39, 0.29) is 5.91 Å². The summed E-state index contributed by atoms with van der Waals surface area (Å²) in [7, 11) is 0. The number of benzene rings is 1. The summed E-state index contributed by atoms with van der Waals surface area (Å²) >= 11 is 0. The number of nitrogens with one attached hydrogen (secondary N) is 1. The summed E-state index contributed by atoms with van der Waals surface area (Å²) in [4.78, 5) is 16.2. The maximum atomic E-state index is 11.7. The van der Waals surface area contributed by atoms with Crippen molar-refractivity contribution >= 4 is 11.6 Å². The van der Waals surface area contributed by atoms with Crippen LogP contribution in [0.3, 0.4) is 0 Å². The summed E-state index contributed by atoms with van der Waals surface area (Å²) in [6, 6.07) is 8.13. The molecule has 0 unspecified atom stereocenters. The third-order valence-corrected chi connectivity index (χ3v) is 3.69. The van der Waals surface area contributed by atoms with Gasteiger partial charge in [0.25, 0.3) is 0 Å². The van der Waals surface area contributed by atoms with Gasteiger partial charge in [-0.25, -0.2) is 0 Å². The van der Waals surface area contributed by atoms with Gasteiger partial charge in [-0.3, -0.25) is 9.69 Å². The number of hydrogen-bond acceptors (Lipinski definition) is 4. The number of para-hydroxylation sites is 2. The fourth-order valence-corrected chi connectivity index (χ4v) is 2.59. The minimum atomic E-state index is 0.0584. The third-order valence-electron chi connectivity index (χ3n) is 3.69. The quantitative estimate of drug-likeness (QED) is 0.776. The Morgan fingerprint density at radius 1 is 1.32 bits per heavy atom. The monoisotopic (exact) mass is 303 g/mol. The predicted molar refractivity (Wildman–Crippen MR) is 89.5 cm³/mol. The Hall–Kier alpha value is -2.01. The number of carbonyl (C=O) groups excluding carboxylic acids is 1. The van der Waals surface area contributed by atoms with Crippen LogP contribution >= 0.6 is 0 Å². The van der Waals surface area contributed by atoms with Gasteiger partial charge < -0.3 is 15.0 Å². The van der Waals surface area contributed by atoms with Crippen molar-refractivity contribution in [2.24, 2.45) is 0 Å². The van der Waals surface area contributed by atoms with E-state index in [0.717, 1.165) is 37.6 Å². The van der Waals surface area contributed by atoms with Gasteiger partial charge in [0.1, 0.15) is 5.75 Å². The number of piperazine rings is 1. The molecule has 2 rings (SSSR count). The maximum absolute atomic E-state index is 11.7. The van der Waals surface area contributed by atoms with E-state index in [1.807, 2.05) is 25.1 Å². The summed E-state index contributed by atoms with van der Waals surface area (Å²) in [5.41, 5.74) is 1.14. The zero-order valence-corrected chi connectivity index (χ0v) is 13.3. The van der Waals surface area contributed by atoms with Crippen molar-refractivity contribution in [1.29, 1.82) is 0 Å². The second-order valence-corrected chi connectivity index (χ2v) is 5.26. The highest BCUT2D eigenvalue weighted by atomic mass is 16.5. The molecule has 1 aliphatic heterocycles. The smallest absolute Gasteiger partial charge is 0.234 e. The SMILES string of the molecule is C=CCNC(=O)CN1CCN(c2ccccc2OCC)CC1. The highest BCUT2D eigenvalue weighted by Gasteiger charge is 2.20. The first-order valence-corrected chi connectivity index (χ1v) is 7.81. The molecule has 1 saturated heterocycles. The molecule has 0 atom stereocenters. The Morgan fingerprint density at radius 3 is 2.73 bits per heavy atom. The van der Waals surface area contributed by atoms with E-state index in [1.165, 1.54) is 0 Å². The number of nitrogens with zero attached hydrogens (tertiary/aromatic N) is 2. The van der Waals surface area contributed by atoms with E-state index in [2.05, 4.69) is 27.8 Å². The van der Waals surface area contributed by atoms with Crippen LogP contribution in [0.4, 0.5) is 5.69 Å². The Labute approximate surface area is 132 Å². The van der Waals surface area contributed by atoms with Crippen molar-refractivity contribution in [3.63, 3.8) is 0 Å². The molecule has 22 heavy (non-hydrogen) atoms. The van der Waals surface area contributed by atoms with E-state index in [4.69, 9.17) is 4.74 Å². The number of amides is 1. The van der Waals surface area contributed by atoms with Gasteiger partial charge in [0.15, 0.2) is 0 Å². The average Bonchev–Trinajstić information content (AvgIpc) is 2.55. The summed E-state index contributed by atoms with van der Waals surface area (Å²) in [6.45, 7) is 10.8. The normalized spacial score (nSPS) is 15.4. The summed E-state index contributed by atoms with van der Waals surface area (Å²) in [5.74, 6) is 0.991. The minimum absolute atomic E-state index is 0.0584. The number of hydrogen-bond donors (Lipinski definition) is 1. The topological polar surface area (TPSA) is 44.8 Å². The zero-order chi connectivity index (χ0) is 15.8. The van der Waals surface area contributed by atoms with Gasteiger partial charge in [-0.1, -0.05) is 18.2 Å². The largest absolute Gasteiger partial charge is 0.492 e. The van der Waals surface area contributed by atoms with E-state index in [9.17, 15) is 4.79 Å². The van der Waals surface area contributed by atoms with E-state index in [1.54, 1.807) is 6.08 Å². The van der Waals surface area contributed by atoms with Gasteiger partial charge in [-0.05, 0) is 19.1 Å². The van der Waals surface area contributed by atoms with Crippen molar-refractivity contribution in [1.82, 2.24) is 10.2 Å². The third kappa shape index (κ3) is 4.49. The molecule has 120 valence electrons. The second kappa shape index (κ2) is 8.44. The van der Waals surface area contributed by atoms with Crippen molar-refractivity contribution < 1.29 is 9.53 Å². The zero-order valence-electron chi connectivity index (χ0n) is 13.3. The van der Waals surface area contributed by atoms with Crippen LogP contribution in [0.2, 0.25) is 0 Å². The van der Waals surface area contributed by atoms with Crippen LogP contribution in [0, 0.1) is 0 Å². The first kappa shape index (κ1) is 16.4. The van der Waals surface area contributed by atoms with Gasteiger partial charge in [0.05, 0.1) is 18.8 Å². The van der Waals surface area contributed by atoms with E-state index in [0.29, 0.717) is 19.7 Å². The molecule has 1 aromatic carbocycles.